The molecule has 1 saturated heterocycles. The highest BCUT2D eigenvalue weighted by Crippen LogP contribution is 2.17. The van der Waals surface area contributed by atoms with Crippen molar-refractivity contribution < 1.29 is 4.79 Å². The van der Waals surface area contributed by atoms with Crippen molar-refractivity contribution in [2.75, 3.05) is 18.4 Å². The molecule has 0 unspecified atom stereocenters. The SMILES string of the molecule is Cn1nnc(NC(=O)c2cn(C3CCNCC3)nn2)n1. The Morgan fingerprint density at radius 3 is 2.85 bits per heavy atom. The summed E-state index contributed by atoms with van der Waals surface area (Å²) in [5, 5.41) is 24.9. The summed E-state index contributed by atoms with van der Waals surface area (Å²) in [6.07, 6.45) is 3.62. The Balaban J connectivity index is 1.67. The molecule has 0 radical (unpaired) electrons. The fourth-order valence-electron chi connectivity index (χ4n) is 2.13. The van der Waals surface area contributed by atoms with Crippen molar-refractivity contribution in [3.8, 4) is 0 Å². The summed E-state index contributed by atoms with van der Waals surface area (Å²) in [4.78, 5) is 13.2. The number of carbonyl (C=O) groups is 1. The third-order valence-electron chi connectivity index (χ3n) is 3.16. The molecule has 1 aliphatic heterocycles. The highest BCUT2D eigenvalue weighted by molar-refractivity contribution is 6.01. The van der Waals surface area contributed by atoms with Crippen LogP contribution in [-0.2, 0) is 7.05 Å². The van der Waals surface area contributed by atoms with Crippen LogP contribution >= 0.6 is 0 Å². The molecule has 10 nitrogen and oxygen atoms in total. The zero-order valence-corrected chi connectivity index (χ0v) is 11.0. The summed E-state index contributed by atoms with van der Waals surface area (Å²) in [6, 6.07) is 0.292. The summed E-state index contributed by atoms with van der Waals surface area (Å²) in [5.41, 5.74) is 0.246. The molecule has 20 heavy (non-hydrogen) atoms. The molecule has 3 heterocycles. The zero-order chi connectivity index (χ0) is 13.9. The number of hydrogen-bond acceptors (Lipinski definition) is 7. The molecular formula is C10H15N9O. The van der Waals surface area contributed by atoms with Gasteiger partial charge in [-0.3, -0.25) is 10.1 Å². The van der Waals surface area contributed by atoms with Gasteiger partial charge in [-0.25, -0.2) is 4.68 Å². The quantitative estimate of drug-likeness (QED) is 0.737. The van der Waals surface area contributed by atoms with E-state index in [1.54, 1.807) is 17.9 Å². The monoisotopic (exact) mass is 277 g/mol. The first-order valence-corrected chi connectivity index (χ1v) is 6.40. The molecule has 2 aromatic rings. The van der Waals surface area contributed by atoms with Crippen LogP contribution in [0.4, 0.5) is 5.95 Å². The van der Waals surface area contributed by atoms with Crippen molar-refractivity contribution in [1.82, 2.24) is 40.5 Å². The zero-order valence-electron chi connectivity index (χ0n) is 11.0. The maximum atomic E-state index is 12.0. The topological polar surface area (TPSA) is 115 Å². The lowest BCUT2D eigenvalue weighted by molar-refractivity contribution is 0.102. The number of rotatable bonds is 3. The molecule has 10 heteroatoms. The van der Waals surface area contributed by atoms with E-state index in [4.69, 9.17) is 0 Å². The van der Waals surface area contributed by atoms with Crippen molar-refractivity contribution >= 4 is 11.9 Å². The average molecular weight is 277 g/mol. The molecule has 0 aromatic carbocycles. The predicted molar refractivity (Wildman–Crippen MR) is 67.9 cm³/mol. The van der Waals surface area contributed by atoms with Gasteiger partial charge >= 0.3 is 0 Å². The Morgan fingerprint density at radius 1 is 1.35 bits per heavy atom. The number of anilines is 1. The molecule has 0 saturated carbocycles. The molecular weight excluding hydrogens is 262 g/mol. The summed E-state index contributed by atoms with van der Waals surface area (Å²) in [7, 11) is 1.62. The van der Waals surface area contributed by atoms with Crippen LogP contribution in [0.2, 0.25) is 0 Å². The van der Waals surface area contributed by atoms with Crippen LogP contribution in [0.5, 0.6) is 0 Å². The molecule has 0 aliphatic carbocycles. The van der Waals surface area contributed by atoms with Gasteiger partial charge in [-0.1, -0.05) is 10.3 Å². The summed E-state index contributed by atoms with van der Waals surface area (Å²) < 4.78 is 1.75. The minimum absolute atomic E-state index is 0.147. The molecule has 0 atom stereocenters. The van der Waals surface area contributed by atoms with E-state index in [0.717, 1.165) is 25.9 Å². The Bertz CT molecular complexity index is 597. The maximum absolute atomic E-state index is 12.0. The highest BCUT2D eigenvalue weighted by atomic mass is 16.2. The molecule has 1 amide bonds. The number of nitrogens with one attached hydrogen (secondary N) is 2. The fourth-order valence-corrected chi connectivity index (χ4v) is 2.13. The molecule has 2 aromatic heterocycles. The van der Waals surface area contributed by atoms with E-state index in [-0.39, 0.29) is 11.6 Å². The van der Waals surface area contributed by atoms with Gasteiger partial charge in [0.15, 0.2) is 5.69 Å². The second-order valence-electron chi connectivity index (χ2n) is 4.62. The van der Waals surface area contributed by atoms with Crippen LogP contribution in [0.15, 0.2) is 6.20 Å². The molecule has 0 bridgehead atoms. The second-order valence-corrected chi connectivity index (χ2v) is 4.62. The van der Waals surface area contributed by atoms with Crippen LogP contribution < -0.4 is 10.6 Å². The Morgan fingerprint density at radius 2 is 2.15 bits per heavy atom. The van der Waals surface area contributed by atoms with Crippen LogP contribution in [-0.4, -0.2) is 54.2 Å². The third-order valence-corrected chi connectivity index (χ3v) is 3.16. The molecule has 2 N–H and O–H groups in total. The third kappa shape index (κ3) is 2.64. The van der Waals surface area contributed by atoms with Crippen LogP contribution in [0, 0.1) is 0 Å². The van der Waals surface area contributed by atoms with E-state index in [1.165, 1.54) is 4.80 Å². The van der Waals surface area contributed by atoms with Crippen LogP contribution in [0.1, 0.15) is 29.4 Å². The first kappa shape index (κ1) is 12.7. The van der Waals surface area contributed by atoms with Crippen molar-refractivity contribution in [1.29, 1.82) is 0 Å². The van der Waals surface area contributed by atoms with Crippen molar-refractivity contribution in [2.24, 2.45) is 7.05 Å². The predicted octanol–water partition coefficient (Wildman–Crippen LogP) is -1.02. The van der Waals surface area contributed by atoms with Crippen molar-refractivity contribution in [3.05, 3.63) is 11.9 Å². The lowest BCUT2D eigenvalue weighted by Crippen LogP contribution is -2.29. The minimum atomic E-state index is -0.391. The number of hydrogen-bond donors (Lipinski definition) is 2. The Labute approximate surface area is 114 Å². The fraction of sp³-hybridized carbons (Fsp3) is 0.600. The number of nitrogens with zero attached hydrogens (tertiary/aromatic N) is 7. The number of tetrazole rings is 1. The number of aromatic nitrogens is 7. The lowest BCUT2D eigenvalue weighted by atomic mass is 10.1. The van der Waals surface area contributed by atoms with Gasteiger partial charge in [0.1, 0.15) is 0 Å². The maximum Gasteiger partial charge on any atom is 0.280 e. The van der Waals surface area contributed by atoms with Crippen LogP contribution in [0.25, 0.3) is 0 Å². The molecule has 106 valence electrons. The van der Waals surface area contributed by atoms with Gasteiger partial charge in [-0.2, -0.15) is 4.80 Å². The molecule has 3 rings (SSSR count). The second kappa shape index (κ2) is 5.33. The highest BCUT2D eigenvalue weighted by Gasteiger charge is 2.19. The van der Waals surface area contributed by atoms with E-state index in [1.807, 2.05) is 0 Å². The van der Waals surface area contributed by atoms with Crippen LogP contribution in [0.3, 0.4) is 0 Å². The van der Waals surface area contributed by atoms with Gasteiger partial charge in [0, 0.05) is 0 Å². The smallest absolute Gasteiger partial charge is 0.280 e. The van der Waals surface area contributed by atoms with E-state index in [2.05, 4.69) is 36.4 Å². The first-order valence-electron chi connectivity index (χ1n) is 6.40. The van der Waals surface area contributed by atoms with Crippen molar-refractivity contribution in [3.63, 3.8) is 0 Å². The van der Waals surface area contributed by atoms with Gasteiger partial charge < -0.3 is 5.32 Å². The summed E-state index contributed by atoms with van der Waals surface area (Å²) >= 11 is 0. The number of piperidine rings is 1. The normalized spacial score (nSPS) is 16.2. The largest absolute Gasteiger partial charge is 0.317 e. The van der Waals surface area contributed by atoms with E-state index < -0.39 is 5.91 Å². The van der Waals surface area contributed by atoms with E-state index >= 15 is 0 Å². The Hall–Kier alpha value is -2.36. The van der Waals surface area contributed by atoms with Gasteiger partial charge in [-0.05, 0) is 31.1 Å². The Kier molecular flexibility index (Phi) is 3.37. The molecule has 0 spiro atoms. The summed E-state index contributed by atoms with van der Waals surface area (Å²) in [6.45, 7) is 1.91. The number of aryl methyl sites for hydroxylation is 1. The van der Waals surface area contributed by atoms with E-state index in [9.17, 15) is 4.79 Å². The first-order chi connectivity index (χ1) is 9.72. The van der Waals surface area contributed by atoms with Gasteiger partial charge in [0.05, 0.1) is 19.3 Å². The molecule has 1 fully saturated rings. The average Bonchev–Trinajstić information content (AvgIpc) is 3.09. The summed E-state index contributed by atoms with van der Waals surface area (Å²) in [5.74, 6) is -0.243. The van der Waals surface area contributed by atoms with Gasteiger partial charge in [0.2, 0.25) is 0 Å². The van der Waals surface area contributed by atoms with Gasteiger partial charge in [-0.15, -0.1) is 10.2 Å². The molecule has 1 aliphatic rings. The van der Waals surface area contributed by atoms with Gasteiger partial charge in [0.25, 0.3) is 11.9 Å². The number of carbonyl (C=O) groups excluding carboxylic acids is 1. The van der Waals surface area contributed by atoms with E-state index in [0.29, 0.717) is 6.04 Å². The number of amides is 1. The minimum Gasteiger partial charge on any atom is -0.317 e. The van der Waals surface area contributed by atoms with Crippen molar-refractivity contribution in [2.45, 2.75) is 18.9 Å². The lowest BCUT2D eigenvalue weighted by Gasteiger charge is -2.21. The standard InChI is InChI=1S/C10H15N9O/c1-18-15-10(14-16-18)12-9(20)8-6-19(17-13-8)7-2-4-11-5-3-7/h6-7,11H,2-5H2,1H3,(H,12,15,20).